The van der Waals surface area contributed by atoms with Gasteiger partial charge in [-0.15, -0.1) is 11.3 Å². The van der Waals surface area contributed by atoms with E-state index >= 15 is 0 Å². The highest BCUT2D eigenvalue weighted by Gasteiger charge is 2.13. The number of rotatable bonds is 6. The van der Waals surface area contributed by atoms with Crippen molar-refractivity contribution in [3.05, 3.63) is 52.7 Å². The molecule has 1 aromatic carbocycles. The molecule has 0 radical (unpaired) electrons. The molecule has 3 N–H and O–H groups in total. The van der Waals surface area contributed by atoms with Crippen molar-refractivity contribution in [3.63, 3.8) is 0 Å². The van der Waals surface area contributed by atoms with Gasteiger partial charge in [0, 0.05) is 11.4 Å². The molecule has 118 valence electrons. The second-order valence-electron chi connectivity index (χ2n) is 5.35. The first-order valence-electron chi connectivity index (χ1n) is 7.49. The maximum Gasteiger partial charge on any atom is 0.286 e. The summed E-state index contributed by atoms with van der Waals surface area (Å²) >= 11 is 1.54. The highest BCUT2D eigenvalue weighted by atomic mass is 32.1. The first-order chi connectivity index (χ1) is 11.1. The van der Waals surface area contributed by atoms with Gasteiger partial charge in [-0.25, -0.2) is 9.97 Å². The number of benzene rings is 1. The highest BCUT2D eigenvalue weighted by Crippen LogP contribution is 2.28. The lowest BCUT2D eigenvalue weighted by Gasteiger charge is -2.08. The van der Waals surface area contributed by atoms with E-state index in [2.05, 4.69) is 27.4 Å². The van der Waals surface area contributed by atoms with Crippen LogP contribution in [0.2, 0.25) is 0 Å². The van der Waals surface area contributed by atoms with E-state index in [1.54, 1.807) is 0 Å². The summed E-state index contributed by atoms with van der Waals surface area (Å²) in [5.74, 6) is 0.136. The van der Waals surface area contributed by atoms with Gasteiger partial charge >= 0.3 is 0 Å². The molecule has 0 unspecified atom stereocenters. The highest BCUT2D eigenvalue weighted by molar-refractivity contribution is 7.18. The summed E-state index contributed by atoms with van der Waals surface area (Å²) in [4.78, 5) is 21.8. The molecule has 5 nitrogen and oxygen atoms in total. The van der Waals surface area contributed by atoms with E-state index in [0.717, 1.165) is 34.5 Å². The van der Waals surface area contributed by atoms with Crippen molar-refractivity contribution in [2.24, 2.45) is 5.73 Å². The molecular formula is C17H18N4OS. The molecule has 0 fully saturated rings. The van der Waals surface area contributed by atoms with Gasteiger partial charge in [-0.1, -0.05) is 30.3 Å². The number of carbonyl (C=O) groups excluding carboxylic acids is 1. The number of aromatic nitrogens is 2. The molecule has 0 saturated carbocycles. The third-order valence-corrected chi connectivity index (χ3v) is 4.46. The Morgan fingerprint density at radius 2 is 2.04 bits per heavy atom. The van der Waals surface area contributed by atoms with Crippen molar-refractivity contribution in [3.8, 4) is 0 Å². The predicted octanol–water partition coefficient (Wildman–Crippen LogP) is 3.14. The number of carbonyl (C=O) groups is 1. The van der Waals surface area contributed by atoms with Crippen LogP contribution in [0.15, 0.2) is 36.4 Å². The largest absolute Gasteiger partial charge is 0.369 e. The van der Waals surface area contributed by atoms with Crippen molar-refractivity contribution < 1.29 is 4.79 Å². The van der Waals surface area contributed by atoms with E-state index in [-0.39, 0.29) is 5.82 Å². The number of fused-ring (bicyclic) bond motifs is 1. The number of nitrogens with zero attached hydrogens (tertiary/aromatic N) is 2. The van der Waals surface area contributed by atoms with Crippen LogP contribution in [-0.4, -0.2) is 22.4 Å². The van der Waals surface area contributed by atoms with Gasteiger partial charge in [0.2, 0.25) is 5.82 Å². The molecule has 0 saturated heterocycles. The lowest BCUT2D eigenvalue weighted by molar-refractivity contribution is 0.0991. The second kappa shape index (κ2) is 6.75. The molecule has 0 aliphatic carbocycles. The Bertz CT molecular complexity index is 829. The van der Waals surface area contributed by atoms with Crippen LogP contribution in [0.25, 0.3) is 10.2 Å². The molecule has 6 heteroatoms. The van der Waals surface area contributed by atoms with Gasteiger partial charge in [-0.2, -0.15) is 0 Å². The molecule has 1 amide bonds. The van der Waals surface area contributed by atoms with Crippen molar-refractivity contribution in [2.75, 3.05) is 11.9 Å². The van der Waals surface area contributed by atoms with E-state index in [4.69, 9.17) is 5.73 Å². The zero-order valence-corrected chi connectivity index (χ0v) is 13.7. The second-order valence-corrected chi connectivity index (χ2v) is 6.59. The van der Waals surface area contributed by atoms with Gasteiger partial charge in [0.05, 0.1) is 5.39 Å². The van der Waals surface area contributed by atoms with E-state index in [1.807, 2.05) is 31.2 Å². The van der Waals surface area contributed by atoms with Gasteiger partial charge in [-0.3, -0.25) is 4.79 Å². The van der Waals surface area contributed by atoms with Crippen molar-refractivity contribution in [1.82, 2.24) is 9.97 Å². The Hall–Kier alpha value is -2.47. The van der Waals surface area contributed by atoms with Crippen LogP contribution in [0.5, 0.6) is 0 Å². The number of anilines is 1. The van der Waals surface area contributed by atoms with Crippen LogP contribution in [0.4, 0.5) is 5.82 Å². The number of nitrogens with one attached hydrogen (secondary N) is 1. The summed E-state index contributed by atoms with van der Waals surface area (Å²) in [6.07, 6.45) is 1.97. The lowest BCUT2D eigenvalue weighted by atomic mass is 10.1. The molecule has 2 aromatic heterocycles. The standard InChI is InChI=1S/C17H18N4OS/c1-11-10-13-15(20-16(14(18)22)21-17(13)23-11)19-9-5-8-12-6-3-2-4-7-12/h2-4,6-7,10H,5,8-9H2,1H3,(H2,18,22)(H,19,20,21). The molecule has 2 heterocycles. The van der Waals surface area contributed by atoms with Gasteiger partial charge in [0.25, 0.3) is 5.91 Å². The molecule has 0 aliphatic rings. The Morgan fingerprint density at radius 3 is 2.78 bits per heavy atom. The summed E-state index contributed by atoms with van der Waals surface area (Å²) in [5.41, 5.74) is 6.64. The van der Waals surface area contributed by atoms with Gasteiger partial charge in [0.1, 0.15) is 10.6 Å². The number of nitrogens with two attached hydrogens (primary N) is 1. The maximum absolute atomic E-state index is 11.4. The van der Waals surface area contributed by atoms with Gasteiger partial charge in [0.15, 0.2) is 0 Å². The fraction of sp³-hybridized carbons (Fsp3) is 0.235. The van der Waals surface area contributed by atoms with Gasteiger partial charge < -0.3 is 11.1 Å². The monoisotopic (exact) mass is 326 g/mol. The average molecular weight is 326 g/mol. The minimum absolute atomic E-state index is 0.0601. The van der Waals surface area contributed by atoms with E-state index in [9.17, 15) is 4.79 Å². The Balaban J connectivity index is 1.72. The number of amides is 1. The SMILES string of the molecule is Cc1cc2c(NCCCc3ccccc3)nc(C(N)=O)nc2s1. The number of aryl methyl sites for hydroxylation is 2. The minimum atomic E-state index is -0.606. The molecule has 0 spiro atoms. The third kappa shape index (κ3) is 3.65. The molecule has 0 bridgehead atoms. The Morgan fingerprint density at radius 1 is 1.26 bits per heavy atom. The fourth-order valence-electron chi connectivity index (χ4n) is 2.43. The smallest absolute Gasteiger partial charge is 0.286 e. The fourth-order valence-corrected chi connectivity index (χ4v) is 3.31. The quantitative estimate of drug-likeness (QED) is 0.682. The normalized spacial score (nSPS) is 10.8. The van der Waals surface area contributed by atoms with Gasteiger partial charge in [-0.05, 0) is 31.4 Å². The number of thiophene rings is 1. The molecule has 3 rings (SSSR count). The zero-order valence-electron chi connectivity index (χ0n) is 12.9. The van der Waals surface area contributed by atoms with Crippen molar-refractivity contribution >= 4 is 33.3 Å². The van der Waals surface area contributed by atoms with Crippen molar-refractivity contribution in [1.29, 1.82) is 0 Å². The van der Waals surface area contributed by atoms with Crippen LogP contribution in [0, 0.1) is 6.92 Å². The Labute approximate surface area is 138 Å². The summed E-state index contributed by atoms with van der Waals surface area (Å²) in [6, 6.07) is 12.4. The maximum atomic E-state index is 11.4. The summed E-state index contributed by atoms with van der Waals surface area (Å²) in [5, 5.41) is 4.26. The average Bonchev–Trinajstić information content (AvgIpc) is 2.92. The Kier molecular flexibility index (Phi) is 4.52. The van der Waals surface area contributed by atoms with Crippen molar-refractivity contribution in [2.45, 2.75) is 19.8 Å². The number of hydrogen-bond acceptors (Lipinski definition) is 5. The van der Waals surface area contributed by atoms with Crippen LogP contribution in [0.3, 0.4) is 0 Å². The third-order valence-electron chi connectivity index (χ3n) is 3.51. The van der Waals surface area contributed by atoms with Crippen LogP contribution in [0.1, 0.15) is 27.5 Å². The molecule has 0 atom stereocenters. The first-order valence-corrected chi connectivity index (χ1v) is 8.31. The zero-order chi connectivity index (χ0) is 16.2. The van der Waals surface area contributed by atoms with E-state index in [0.29, 0.717) is 5.82 Å². The topological polar surface area (TPSA) is 80.9 Å². The molecular weight excluding hydrogens is 308 g/mol. The summed E-state index contributed by atoms with van der Waals surface area (Å²) < 4.78 is 0. The lowest BCUT2D eigenvalue weighted by Crippen LogP contribution is -2.16. The molecule has 3 aromatic rings. The predicted molar refractivity (Wildman–Crippen MR) is 93.9 cm³/mol. The van der Waals surface area contributed by atoms with E-state index in [1.165, 1.54) is 16.9 Å². The summed E-state index contributed by atoms with van der Waals surface area (Å²) in [6.45, 7) is 2.78. The minimum Gasteiger partial charge on any atom is -0.369 e. The number of primary amides is 1. The summed E-state index contributed by atoms with van der Waals surface area (Å²) in [7, 11) is 0. The number of hydrogen-bond donors (Lipinski definition) is 2. The van der Waals surface area contributed by atoms with Crippen LogP contribution in [-0.2, 0) is 6.42 Å². The first kappa shape index (κ1) is 15.4. The molecule has 23 heavy (non-hydrogen) atoms. The van der Waals surface area contributed by atoms with Crippen LogP contribution < -0.4 is 11.1 Å². The van der Waals surface area contributed by atoms with Crippen LogP contribution >= 0.6 is 11.3 Å². The van der Waals surface area contributed by atoms with E-state index < -0.39 is 5.91 Å². The molecule has 0 aliphatic heterocycles.